The molecule has 1 atom stereocenters. The standard InChI is InChI=1S/C33H37F8N7O2/c1-46(43)45-31(42)47(16-19-9-23(32(36,37)38)14-24(10-19)33(39,40)41)17-22-12-21-13-25(34)26(35)15-27(21)44-30(22)48-8-2-3-28(48)20-6-4-18(5-7-20)11-29(49)50/h9-10,12-15,18,20,28H,2-8,11,16-17,43H2,1H3,(H2,42,45)(H,49,50)/t18-,20-,28-/m1/s1. The minimum atomic E-state index is -5.08. The zero-order chi connectivity index (χ0) is 36.5. The Kier molecular flexibility index (Phi) is 10.6. The molecule has 17 heteroatoms. The van der Waals surface area contributed by atoms with Gasteiger partial charge in [-0.05, 0) is 86.3 Å². The van der Waals surface area contributed by atoms with Crippen molar-refractivity contribution < 1.29 is 45.0 Å². The number of hydrazine groups is 1. The number of hydrazone groups is 1. The summed E-state index contributed by atoms with van der Waals surface area (Å²) in [5.41, 5.74) is 3.39. The largest absolute Gasteiger partial charge is 0.481 e. The van der Waals surface area contributed by atoms with Gasteiger partial charge in [-0.25, -0.2) is 24.7 Å². The van der Waals surface area contributed by atoms with Crippen LogP contribution in [0, 0.1) is 23.5 Å². The number of halogens is 8. The van der Waals surface area contributed by atoms with Gasteiger partial charge in [0.25, 0.3) is 0 Å². The van der Waals surface area contributed by atoms with Gasteiger partial charge in [0.1, 0.15) is 5.82 Å². The van der Waals surface area contributed by atoms with Crippen LogP contribution in [0.1, 0.15) is 67.2 Å². The molecule has 50 heavy (non-hydrogen) atoms. The molecule has 0 spiro atoms. The molecule has 1 aromatic heterocycles. The minimum Gasteiger partial charge on any atom is -0.481 e. The van der Waals surface area contributed by atoms with Gasteiger partial charge in [0, 0.05) is 56.2 Å². The molecule has 0 bridgehead atoms. The summed E-state index contributed by atoms with van der Waals surface area (Å²) in [6.07, 6.45) is -5.52. The van der Waals surface area contributed by atoms with Crippen molar-refractivity contribution in [3.8, 4) is 0 Å². The Bertz CT molecular complexity index is 1710. The van der Waals surface area contributed by atoms with Gasteiger partial charge >= 0.3 is 18.3 Å². The third kappa shape index (κ3) is 8.65. The summed E-state index contributed by atoms with van der Waals surface area (Å²) in [6.45, 7) is -0.290. The van der Waals surface area contributed by atoms with E-state index in [9.17, 15) is 45.0 Å². The highest BCUT2D eigenvalue weighted by Crippen LogP contribution is 2.41. The number of nitrogens with zero attached hydrogens (tertiary/aromatic N) is 5. The highest BCUT2D eigenvalue weighted by molar-refractivity contribution is 5.83. The number of guanidine groups is 1. The molecule has 2 aromatic carbocycles. The molecule has 1 aliphatic carbocycles. The van der Waals surface area contributed by atoms with Crippen LogP contribution in [0.25, 0.3) is 10.9 Å². The predicted molar refractivity (Wildman–Crippen MR) is 169 cm³/mol. The van der Waals surface area contributed by atoms with Crippen molar-refractivity contribution >= 4 is 28.6 Å². The number of carboxylic acids is 1. The summed E-state index contributed by atoms with van der Waals surface area (Å²) < 4.78 is 111. The number of pyridine rings is 1. The molecule has 2 fully saturated rings. The fourth-order valence-corrected chi connectivity index (χ4v) is 7.12. The highest BCUT2D eigenvalue weighted by Gasteiger charge is 2.38. The lowest BCUT2D eigenvalue weighted by Crippen LogP contribution is -2.41. The van der Waals surface area contributed by atoms with Crippen molar-refractivity contribution in [1.82, 2.24) is 15.0 Å². The van der Waals surface area contributed by atoms with E-state index in [1.54, 1.807) is 6.07 Å². The Morgan fingerprint density at radius 1 is 0.940 bits per heavy atom. The second kappa shape index (κ2) is 14.4. The van der Waals surface area contributed by atoms with E-state index in [4.69, 9.17) is 16.6 Å². The van der Waals surface area contributed by atoms with Crippen LogP contribution in [-0.4, -0.2) is 51.7 Å². The van der Waals surface area contributed by atoms with Gasteiger partial charge in [-0.2, -0.15) is 26.3 Å². The first-order valence-corrected chi connectivity index (χ1v) is 16.0. The number of aromatic nitrogens is 1. The monoisotopic (exact) mass is 715 g/mol. The molecular weight excluding hydrogens is 678 g/mol. The Labute approximate surface area is 282 Å². The third-order valence-electron chi connectivity index (χ3n) is 9.35. The number of alkyl halides is 6. The van der Waals surface area contributed by atoms with Crippen LogP contribution in [0.2, 0.25) is 0 Å². The van der Waals surface area contributed by atoms with Crippen LogP contribution in [0.15, 0.2) is 41.5 Å². The number of hydrogen-bond donors (Lipinski definition) is 3. The summed E-state index contributed by atoms with van der Waals surface area (Å²) in [4.78, 5) is 19.3. The molecule has 1 saturated carbocycles. The summed E-state index contributed by atoms with van der Waals surface area (Å²) in [7, 11) is 1.32. The molecule has 0 radical (unpaired) electrons. The average molecular weight is 716 g/mol. The molecule has 5 N–H and O–H groups in total. The van der Waals surface area contributed by atoms with Gasteiger partial charge in [0.15, 0.2) is 11.6 Å². The molecule has 1 saturated heterocycles. The van der Waals surface area contributed by atoms with Crippen molar-refractivity contribution in [3.05, 3.63) is 70.3 Å². The minimum absolute atomic E-state index is 0.0284. The van der Waals surface area contributed by atoms with Crippen LogP contribution >= 0.6 is 0 Å². The van der Waals surface area contributed by atoms with E-state index in [1.165, 1.54) is 11.9 Å². The molecule has 3 aromatic rings. The number of benzene rings is 2. The lowest BCUT2D eigenvalue weighted by Gasteiger charge is -2.38. The highest BCUT2D eigenvalue weighted by atomic mass is 19.4. The van der Waals surface area contributed by atoms with Gasteiger partial charge in [0.05, 0.1) is 16.6 Å². The number of aliphatic carboxylic acids is 1. The lowest BCUT2D eigenvalue weighted by atomic mass is 9.76. The van der Waals surface area contributed by atoms with E-state index < -0.39 is 47.6 Å². The summed E-state index contributed by atoms with van der Waals surface area (Å²) >= 11 is 0. The molecule has 5 rings (SSSR count). The number of hydrogen-bond acceptors (Lipinski definition) is 6. The molecule has 0 unspecified atom stereocenters. The maximum atomic E-state index is 14.4. The summed E-state index contributed by atoms with van der Waals surface area (Å²) in [6, 6.07) is 4.63. The maximum Gasteiger partial charge on any atom is 0.416 e. The number of fused-ring (bicyclic) bond motifs is 1. The summed E-state index contributed by atoms with van der Waals surface area (Å²) in [5.74, 6) is 2.83. The number of carbonyl (C=O) groups is 1. The van der Waals surface area contributed by atoms with E-state index in [1.807, 2.05) is 4.90 Å². The Hall–Kier alpha value is -4.41. The topological polar surface area (TPSA) is 124 Å². The maximum absolute atomic E-state index is 14.4. The van der Waals surface area contributed by atoms with Crippen LogP contribution in [0.4, 0.5) is 40.9 Å². The number of rotatable bonds is 9. The van der Waals surface area contributed by atoms with Crippen LogP contribution in [0.5, 0.6) is 0 Å². The van der Waals surface area contributed by atoms with Gasteiger partial charge in [-0.15, -0.1) is 5.10 Å². The molecule has 2 aliphatic rings. The van der Waals surface area contributed by atoms with Gasteiger partial charge in [-0.1, -0.05) is 0 Å². The quantitative estimate of drug-likeness (QED) is 0.0724. The Balaban J connectivity index is 1.57. The third-order valence-corrected chi connectivity index (χ3v) is 9.35. The predicted octanol–water partition coefficient (Wildman–Crippen LogP) is 6.84. The van der Waals surface area contributed by atoms with Gasteiger partial charge in [-0.3, -0.25) is 4.79 Å². The second-order valence-corrected chi connectivity index (χ2v) is 13.0. The number of anilines is 1. The van der Waals surface area contributed by atoms with Gasteiger partial charge < -0.3 is 20.6 Å². The molecule has 9 nitrogen and oxygen atoms in total. The summed E-state index contributed by atoms with van der Waals surface area (Å²) in [5, 5.41) is 14.2. The number of carboxylic acid groups (broad SMARTS) is 1. The second-order valence-electron chi connectivity index (χ2n) is 13.0. The van der Waals surface area contributed by atoms with Crippen molar-refractivity contribution in [1.29, 1.82) is 0 Å². The molecule has 272 valence electrons. The van der Waals surface area contributed by atoms with Crippen molar-refractivity contribution in [2.24, 2.45) is 28.5 Å². The normalized spacial score (nSPS) is 20.4. The molecule has 2 heterocycles. The van der Waals surface area contributed by atoms with Crippen molar-refractivity contribution in [3.63, 3.8) is 0 Å². The van der Waals surface area contributed by atoms with Crippen molar-refractivity contribution in [2.75, 3.05) is 18.5 Å². The zero-order valence-corrected chi connectivity index (χ0v) is 27.0. The van der Waals surface area contributed by atoms with E-state index in [2.05, 4.69) is 5.10 Å². The molecular formula is C33H37F8N7O2. The van der Waals surface area contributed by atoms with E-state index in [0.29, 0.717) is 30.1 Å². The Morgan fingerprint density at radius 3 is 2.14 bits per heavy atom. The van der Waals surface area contributed by atoms with Crippen molar-refractivity contribution in [2.45, 2.75) is 76.4 Å². The number of nitrogens with two attached hydrogens (primary N) is 2. The van der Waals surface area contributed by atoms with E-state index in [-0.39, 0.29) is 59.3 Å². The van der Waals surface area contributed by atoms with Crippen LogP contribution in [0.3, 0.4) is 0 Å². The van der Waals surface area contributed by atoms with E-state index >= 15 is 0 Å². The molecule has 1 aliphatic heterocycles. The molecule has 0 amide bonds. The Morgan fingerprint density at radius 2 is 1.56 bits per heavy atom. The van der Waals surface area contributed by atoms with Gasteiger partial charge in [0.2, 0.25) is 5.96 Å². The lowest BCUT2D eigenvalue weighted by molar-refractivity contribution is -0.143. The SMILES string of the molecule is CN(N)/N=C(\N)N(Cc1cc(C(F)(F)F)cc(C(F)(F)F)c1)Cc1cc2cc(F)c(F)cc2nc1N1CCC[C@@H]1[C@H]1CC[C@H](CC(=O)O)CC1. The van der Waals surface area contributed by atoms with Crippen LogP contribution < -0.4 is 16.5 Å². The first-order valence-electron chi connectivity index (χ1n) is 16.0. The van der Waals surface area contributed by atoms with Crippen LogP contribution in [-0.2, 0) is 30.2 Å². The zero-order valence-electron chi connectivity index (χ0n) is 27.0. The first-order chi connectivity index (χ1) is 23.4. The van der Waals surface area contributed by atoms with E-state index in [0.717, 1.165) is 55.8 Å². The smallest absolute Gasteiger partial charge is 0.416 e. The first kappa shape index (κ1) is 36.9. The average Bonchev–Trinajstić information content (AvgIpc) is 3.50. The fourth-order valence-electron chi connectivity index (χ4n) is 7.12. The fraction of sp³-hybridized carbons (Fsp3) is 0.485.